The van der Waals surface area contributed by atoms with Gasteiger partial charge in [-0.3, -0.25) is 0 Å². The summed E-state index contributed by atoms with van der Waals surface area (Å²) in [4.78, 5) is 0. The van der Waals surface area contributed by atoms with Crippen LogP contribution in [0.15, 0.2) is 0 Å². The topological polar surface area (TPSA) is 40.5 Å². The molecule has 2 nitrogen and oxygen atoms in total. The van der Waals surface area contributed by atoms with Crippen LogP contribution in [0.1, 0.15) is 40.5 Å². The molecule has 0 unspecified atom stereocenters. The van der Waals surface area contributed by atoms with Gasteiger partial charge in [-0.25, -0.2) is 0 Å². The minimum absolute atomic E-state index is 0.0440. The van der Waals surface area contributed by atoms with E-state index in [-0.39, 0.29) is 12.0 Å². The van der Waals surface area contributed by atoms with Crippen molar-refractivity contribution in [1.29, 1.82) is 0 Å². The third-order valence-corrected chi connectivity index (χ3v) is 2.69. The van der Waals surface area contributed by atoms with Gasteiger partial charge in [-0.2, -0.15) is 0 Å². The van der Waals surface area contributed by atoms with Crippen LogP contribution in [0.5, 0.6) is 0 Å². The minimum Gasteiger partial charge on any atom is -0.393 e. The van der Waals surface area contributed by atoms with E-state index < -0.39 is 5.60 Å². The molecule has 0 radical (unpaired) electrons. The van der Waals surface area contributed by atoms with Gasteiger partial charge in [-0.15, -0.1) is 0 Å². The average molecular weight is 160 g/mol. The maximum absolute atomic E-state index is 9.73. The van der Waals surface area contributed by atoms with Crippen molar-refractivity contribution in [2.24, 2.45) is 5.92 Å². The van der Waals surface area contributed by atoms with Gasteiger partial charge in [0, 0.05) is 5.92 Å². The summed E-state index contributed by atoms with van der Waals surface area (Å²) >= 11 is 0. The van der Waals surface area contributed by atoms with Crippen LogP contribution in [-0.2, 0) is 0 Å². The van der Waals surface area contributed by atoms with E-state index >= 15 is 0 Å². The van der Waals surface area contributed by atoms with Crippen molar-refractivity contribution >= 4 is 0 Å². The lowest BCUT2D eigenvalue weighted by Gasteiger charge is -2.32. The first-order valence-corrected chi connectivity index (χ1v) is 4.36. The second kappa shape index (κ2) is 4.07. The molecule has 2 N–H and O–H groups in total. The molecule has 0 aliphatic rings. The molecule has 68 valence electrons. The average Bonchev–Trinajstić information content (AvgIpc) is 2.01. The summed E-state index contributed by atoms with van der Waals surface area (Å²) in [6, 6.07) is 0. The highest BCUT2D eigenvalue weighted by molar-refractivity contribution is 4.81. The largest absolute Gasteiger partial charge is 0.393 e. The smallest absolute Gasteiger partial charge is 0.0667 e. The Kier molecular flexibility index (Phi) is 4.04. The first-order chi connectivity index (χ1) is 4.95. The third kappa shape index (κ3) is 2.80. The van der Waals surface area contributed by atoms with E-state index in [1.54, 1.807) is 6.92 Å². The zero-order chi connectivity index (χ0) is 9.07. The molecule has 11 heavy (non-hydrogen) atoms. The maximum atomic E-state index is 9.73. The fourth-order valence-electron chi connectivity index (χ4n) is 1.09. The first-order valence-electron chi connectivity index (χ1n) is 4.36. The van der Waals surface area contributed by atoms with Crippen LogP contribution in [0.4, 0.5) is 0 Å². The van der Waals surface area contributed by atoms with E-state index in [0.29, 0.717) is 12.8 Å². The quantitative estimate of drug-likeness (QED) is 0.655. The summed E-state index contributed by atoms with van der Waals surface area (Å²) < 4.78 is 0. The molecular formula is C9H20O2. The van der Waals surface area contributed by atoms with Crippen LogP contribution >= 0.6 is 0 Å². The number of aliphatic hydroxyl groups excluding tert-OH is 1. The van der Waals surface area contributed by atoms with E-state index in [2.05, 4.69) is 0 Å². The molecule has 2 heteroatoms. The van der Waals surface area contributed by atoms with Gasteiger partial charge >= 0.3 is 0 Å². The second-order valence-electron chi connectivity index (χ2n) is 3.47. The molecule has 0 aromatic rings. The Morgan fingerprint density at radius 1 is 1.36 bits per heavy atom. The summed E-state index contributed by atoms with van der Waals surface area (Å²) in [5, 5.41) is 19.2. The predicted molar refractivity (Wildman–Crippen MR) is 46.4 cm³/mol. The van der Waals surface area contributed by atoms with Gasteiger partial charge in [-0.1, -0.05) is 20.8 Å². The van der Waals surface area contributed by atoms with Crippen molar-refractivity contribution in [3.8, 4) is 0 Å². The summed E-state index contributed by atoms with van der Waals surface area (Å²) in [6.07, 6.45) is 1.01. The lowest BCUT2D eigenvalue weighted by molar-refractivity contribution is -0.0539. The van der Waals surface area contributed by atoms with Gasteiger partial charge in [0.15, 0.2) is 0 Å². The van der Waals surface area contributed by atoms with Gasteiger partial charge in [0.1, 0.15) is 0 Å². The molecule has 0 aromatic carbocycles. The van der Waals surface area contributed by atoms with Crippen molar-refractivity contribution in [3.05, 3.63) is 0 Å². The molecule has 0 aliphatic carbocycles. The van der Waals surface area contributed by atoms with Crippen LogP contribution < -0.4 is 0 Å². The molecule has 0 saturated carbocycles. The fourth-order valence-corrected chi connectivity index (χ4v) is 1.09. The summed E-state index contributed by atoms with van der Waals surface area (Å²) in [7, 11) is 0. The van der Waals surface area contributed by atoms with Gasteiger partial charge in [0.2, 0.25) is 0 Å². The third-order valence-electron chi connectivity index (χ3n) is 2.69. The second-order valence-corrected chi connectivity index (χ2v) is 3.47. The molecule has 0 bridgehead atoms. The highest BCUT2D eigenvalue weighted by atomic mass is 16.3. The lowest BCUT2D eigenvalue weighted by atomic mass is 9.83. The molecule has 3 atom stereocenters. The highest BCUT2D eigenvalue weighted by Gasteiger charge is 2.30. The highest BCUT2D eigenvalue weighted by Crippen LogP contribution is 2.24. The summed E-state index contributed by atoms with van der Waals surface area (Å²) in [6.45, 7) is 7.51. The molecular weight excluding hydrogens is 140 g/mol. The van der Waals surface area contributed by atoms with Gasteiger partial charge in [-0.05, 0) is 19.8 Å². The Labute approximate surface area is 69.2 Å². The zero-order valence-corrected chi connectivity index (χ0v) is 7.96. The lowest BCUT2D eigenvalue weighted by Crippen LogP contribution is -2.39. The Morgan fingerprint density at radius 3 is 2.09 bits per heavy atom. The molecule has 0 amide bonds. The molecule has 0 fully saturated rings. The number of aliphatic hydroxyl groups is 2. The van der Waals surface area contributed by atoms with E-state index in [4.69, 9.17) is 0 Å². The van der Waals surface area contributed by atoms with E-state index in [0.717, 1.165) is 0 Å². The van der Waals surface area contributed by atoms with E-state index in [1.807, 2.05) is 20.8 Å². The minimum atomic E-state index is -0.727. The summed E-state index contributed by atoms with van der Waals surface area (Å²) in [5.74, 6) is -0.0440. The standard InChI is InChI=1S/C9H20O2/c1-5-8(10)7(3)9(4,11)6-2/h7-8,10-11H,5-6H2,1-4H3/t7-,8+,9-/m1/s1. The van der Waals surface area contributed by atoms with Crippen LogP contribution in [0.3, 0.4) is 0 Å². The van der Waals surface area contributed by atoms with Crippen LogP contribution in [0.2, 0.25) is 0 Å². The van der Waals surface area contributed by atoms with Crippen LogP contribution in [-0.4, -0.2) is 21.9 Å². The molecule has 0 saturated heterocycles. The fraction of sp³-hybridized carbons (Fsp3) is 1.00. The summed E-state index contributed by atoms with van der Waals surface area (Å²) in [5.41, 5.74) is -0.727. The number of rotatable bonds is 4. The van der Waals surface area contributed by atoms with E-state index in [1.165, 1.54) is 0 Å². The molecule has 0 rings (SSSR count). The van der Waals surface area contributed by atoms with Crippen LogP contribution in [0, 0.1) is 5.92 Å². The van der Waals surface area contributed by atoms with Crippen molar-refractivity contribution < 1.29 is 10.2 Å². The van der Waals surface area contributed by atoms with E-state index in [9.17, 15) is 10.2 Å². The maximum Gasteiger partial charge on any atom is 0.0667 e. The van der Waals surface area contributed by atoms with Crippen LogP contribution in [0.25, 0.3) is 0 Å². The molecule has 0 heterocycles. The SMILES string of the molecule is CC[C@H](O)[C@@H](C)[C@](C)(O)CC. The molecule has 0 aliphatic heterocycles. The van der Waals surface area contributed by atoms with Crippen molar-refractivity contribution in [1.82, 2.24) is 0 Å². The normalized spacial score (nSPS) is 22.4. The number of hydrogen-bond donors (Lipinski definition) is 2. The Bertz CT molecular complexity index is 110. The zero-order valence-electron chi connectivity index (χ0n) is 7.96. The monoisotopic (exact) mass is 160 g/mol. The van der Waals surface area contributed by atoms with Gasteiger partial charge < -0.3 is 10.2 Å². The Morgan fingerprint density at radius 2 is 1.82 bits per heavy atom. The van der Waals surface area contributed by atoms with Crippen molar-refractivity contribution in [2.45, 2.75) is 52.2 Å². The van der Waals surface area contributed by atoms with Crippen molar-refractivity contribution in [2.75, 3.05) is 0 Å². The Hall–Kier alpha value is -0.0800. The Balaban J connectivity index is 4.10. The van der Waals surface area contributed by atoms with Crippen molar-refractivity contribution in [3.63, 3.8) is 0 Å². The number of hydrogen-bond acceptors (Lipinski definition) is 2. The first kappa shape index (κ1) is 10.9. The predicted octanol–water partition coefficient (Wildman–Crippen LogP) is 1.55. The molecule has 0 aromatic heterocycles. The van der Waals surface area contributed by atoms with Gasteiger partial charge in [0.25, 0.3) is 0 Å². The van der Waals surface area contributed by atoms with Gasteiger partial charge in [0.05, 0.1) is 11.7 Å². The molecule has 0 spiro atoms.